The van der Waals surface area contributed by atoms with Crippen molar-refractivity contribution < 1.29 is 18.9 Å². The summed E-state index contributed by atoms with van der Waals surface area (Å²) in [5.74, 6) is 3.29. The number of hydrogen-bond acceptors (Lipinski definition) is 7. The van der Waals surface area contributed by atoms with Gasteiger partial charge in [0.25, 0.3) is 0 Å². The Morgan fingerprint density at radius 2 is 1.50 bits per heavy atom. The molecular formula is C23H27N3O4. The van der Waals surface area contributed by atoms with E-state index in [4.69, 9.17) is 28.9 Å². The minimum atomic E-state index is 0.424. The molecule has 0 saturated heterocycles. The van der Waals surface area contributed by atoms with Crippen LogP contribution in [-0.4, -0.2) is 38.4 Å². The van der Waals surface area contributed by atoms with Crippen LogP contribution in [0, 0.1) is 0 Å². The molecule has 1 aromatic heterocycles. The van der Waals surface area contributed by atoms with Gasteiger partial charge in [0.05, 0.1) is 34.1 Å². The predicted molar refractivity (Wildman–Crippen MR) is 117 cm³/mol. The van der Waals surface area contributed by atoms with Crippen molar-refractivity contribution in [3.05, 3.63) is 53.7 Å². The average molecular weight is 409 g/mol. The van der Waals surface area contributed by atoms with Crippen LogP contribution in [0.15, 0.2) is 42.5 Å². The fourth-order valence-corrected chi connectivity index (χ4v) is 3.08. The van der Waals surface area contributed by atoms with Gasteiger partial charge < -0.3 is 24.3 Å². The fraction of sp³-hybridized carbons (Fsp3) is 0.304. The molecule has 7 nitrogen and oxygen atoms in total. The second-order valence-electron chi connectivity index (χ2n) is 6.50. The average Bonchev–Trinajstić information content (AvgIpc) is 2.81. The number of hydrogen-bond donors (Lipinski definition) is 1. The van der Waals surface area contributed by atoms with Crippen molar-refractivity contribution in [3.8, 4) is 34.4 Å². The van der Waals surface area contributed by atoms with Gasteiger partial charge in [-0.15, -0.1) is 0 Å². The van der Waals surface area contributed by atoms with Crippen LogP contribution in [0.5, 0.6) is 23.1 Å². The maximum absolute atomic E-state index is 5.56. The summed E-state index contributed by atoms with van der Waals surface area (Å²) in [6.45, 7) is 2.66. The normalized spacial score (nSPS) is 10.4. The van der Waals surface area contributed by atoms with E-state index in [1.54, 1.807) is 28.4 Å². The van der Waals surface area contributed by atoms with Crippen LogP contribution >= 0.6 is 0 Å². The molecule has 158 valence electrons. The monoisotopic (exact) mass is 409 g/mol. The third kappa shape index (κ3) is 4.56. The largest absolute Gasteiger partial charge is 0.497 e. The predicted octanol–water partition coefficient (Wildman–Crippen LogP) is 4.35. The summed E-state index contributed by atoms with van der Waals surface area (Å²) in [6.07, 6.45) is 0.716. The zero-order valence-corrected chi connectivity index (χ0v) is 18.0. The molecule has 30 heavy (non-hydrogen) atoms. The molecule has 0 atom stereocenters. The van der Waals surface area contributed by atoms with Gasteiger partial charge >= 0.3 is 0 Å². The Kier molecular flexibility index (Phi) is 6.95. The lowest BCUT2D eigenvalue weighted by Crippen LogP contribution is -2.09. The number of nitrogens with one attached hydrogen (secondary N) is 1. The van der Waals surface area contributed by atoms with Crippen molar-refractivity contribution in [3.63, 3.8) is 0 Å². The highest BCUT2D eigenvalue weighted by Crippen LogP contribution is 2.37. The third-order valence-electron chi connectivity index (χ3n) is 4.75. The van der Waals surface area contributed by atoms with E-state index in [1.807, 2.05) is 49.4 Å². The number of methoxy groups -OCH3 is 4. The van der Waals surface area contributed by atoms with Crippen LogP contribution in [0.1, 0.15) is 18.2 Å². The first-order valence-corrected chi connectivity index (χ1v) is 9.67. The number of rotatable bonds is 9. The lowest BCUT2D eigenvalue weighted by Gasteiger charge is -2.16. The van der Waals surface area contributed by atoms with Gasteiger partial charge in [0, 0.05) is 18.2 Å². The molecule has 0 radical (unpaired) electrons. The molecule has 3 aromatic rings. The van der Waals surface area contributed by atoms with Crippen LogP contribution in [-0.2, 0) is 13.0 Å². The Morgan fingerprint density at radius 1 is 0.800 bits per heavy atom. The van der Waals surface area contributed by atoms with Crippen LogP contribution < -0.4 is 24.3 Å². The standard InChI is InChI=1S/C23H27N3O4/c1-6-19-22(24-14-15-7-9-16(27-2)10-8-15)26-23(30-5)21(25-19)18-12-11-17(28-3)13-20(18)29-4/h7-13H,6,14H2,1-5H3,(H,24,26). The molecule has 0 aliphatic carbocycles. The van der Waals surface area contributed by atoms with E-state index in [9.17, 15) is 0 Å². The Balaban J connectivity index is 1.94. The zero-order chi connectivity index (χ0) is 21.5. The zero-order valence-electron chi connectivity index (χ0n) is 18.0. The van der Waals surface area contributed by atoms with Gasteiger partial charge in [0.15, 0.2) is 5.82 Å². The number of nitrogens with zero attached hydrogens (tertiary/aromatic N) is 2. The quantitative estimate of drug-likeness (QED) is 0.563. The van der Waals surface area contributed by atoms with Crippen LogP contribution in [0.2, 0.25) is 0 Å². The third-order valence-corrected chi connectivity index (χ3v) is 4.75. The molecule has 0 amide bonds. The van der Waals surface area contributed by atoms with Gasteiger partial charge in [-0.25, -0.2) is 4.98 Å². The Labute approximate surface area is 177 Å². The van der Waals surface area contributed by atoms with Gasteiger partial charge in [0.2, 0.25) is 5.88 Å². The van der Waals surface area contributed by atoms with Crippen molar-refractivity contribution in [2.45, 2.75) is 19.9 Å². The lowest BCUT2D eigenvalue weighted by atomic mass is 10.1. The lowest BCUT2D eigenvalue weighted by molar-refractivity contribution is 0.390. The maximum atomic E-state index is 5.56. The minimum absolute atomic E-state index is 0.424. The number of aromatic nitrogens is 2. The molecule has 0 bridgehead atoms. The molecule has 3 rings (SSSR count). The number of anilines is 1. The molecule has 2 aromatic carbocycles. The molecular weight excluding hydrogens is 382 g/mol. The molecule has 0 fully saturated rings. The Morgan fingerprint density at radius 3 is 2.10 bits per heavy atom. The number of aryl methyl sites for hydroxylation is 1. The molecule has 1 heterocycles. The minimum Gasteiger partial charge on any atom is -0.497 e. The smallest absolute Gasteiger partial charge is 0.242 e. The summed E-state index contributed by atoms with van der Waals surface area (Å²) >= 11 is 0. The van der Waals surface area contributed by atoms with E-state index in [1.165, 1.54) is 0 Å². The van der Waals surface area contributed by atoms with Gasteiger partial charge in [-0.05, 0) is 36.2 Å². The van der Waals surface area contributed by atoms with Crippen molar-refractivity contribution in [1.29, 1.82) is 0 Å². The Bertz CT molecular complexity index is 990. The van der Waals surface area contributed by atoms with E-state index in [2.05, 4.69) is 5.32 Å². The molecule has 0 aliphatic rings. The second-order valence-corrected chi connectivity index (χ2v) is 6.50. The van der Waals surface area contributed by atoms with E-state index >= 15 is 0 Å². The molecule has 0 aliphatic heterocycles. The number of benzene rings is 2. The van der Waals surface area contributed by atoms with Gasteiger partial charge in [0.1, 0.15) is 22.9 Å². The van der Waals surface area contributed by atoms with E-state index in [0.717, 1.165) is 22.6 Å². The van der Waals surface area contributed by atoms with E-state index < -0.39 is 0 Å². The number of ether oxygens (including phenoxy) is 4. The van der Waals surface area contributed by atoms with Gasteiger partial charge in [-0.3, -0.25) is 0 Å². The van der Waals surface area contributed by atoms with E-state index in [0.29, 0.717) is 41.9 Å². The topological polar surface area (TPSA) is 74.7 Å². The first kappa shape index (κ1) is 21.2. The highest BCUT2D eigenvalue weighted by Gasteiger charge is 2.19. The molecule has 0 unspecified atom stereocenters. The fourth-order valence-electron chi connectivity index (χ4n) is 3.08. The molecule has 7 heteroatoms. The van der Waals surface area contributed by atoms with E-state index in [-0.39, 0.29) is 0 Å². The summed E-state index contributed by atoms with van der Waals surface area (Å²) in [7, 11) is 6.47. The molecule has 0 spiro atoms. The Hall–Kier alpha value is -3.48. The van der Waals surface area contributed by atoms with Crippen molar-refractivity contribution >= 4 is 5.82 Å². The van der Waals surface area contributed by atoms with Crippen molar-refractivity contribution in [1.82, 2.24) is 9.97 Å². The maximum Gasteiger partial charge on any atom is 0.242 e. The van der Waals surface area contributed by atoms with Crippen LogP contribution in [0.3, 0.4) is 0 Å². The van der Waals surface area contributed by atoms with Gasteiger partial charge in [-0.1, -0.05) is 19.1 Å². The van der Waals surface area contributed by atoms with Crippen LogP contribution in [0.4, 0.5) is 5.82 Å². The summed E-state index contributed by atoms with van der Waals surface area (Å²) < 4.78 is 21.6. The first-order chi connectivity index (χ1) is 14.6. The summed E-state index contributed by atoms with van der Waals surface area (Å²) in [5.41, 5.74) is 3.37. The van der Waals surface area contributed by atoms with Crippen molar-refractivity contribution in [2.24, 2.45) is 0 Å². The highest BCUT2D eigenvalue weighted by atomic mass is 16.5. The first-order valence-electron chi connectivity index (χ1n) is 9.67. The summed E-state index contributed by atoms with van der Waals surface area (Å²) in [4.78, 5) is 9.54. The molecule has 1 N–H and O–H groups in total. The summed E-state index contributed by atoms with van der Waals surface area (Å²) in [6, 6.07) is 13.5. The second kappa shape index (κ2) is 9.82. The summed E-state index contributed by atoms with van der Waals surface area (Å²) in [5, 5.41) is 3.37. The van der Waals surface area contributed by atoms with Crippen LogP contribution in [0.25, 0.3) is 11.3 Å². The highest BCUT2D eigenvalue weighted by molar-refractivity contribution is 5.73. The van der Waals surface area contributed by atoms with Crippen molar-refractivity contribution in [2.75, 3.05) is 33.8 Å². The molecule has 0 saturated carbocycles. The van der Waals surface area contributed by atoms with Gasteiger partial charge in [-0.2, -0.15) is 4.98 Å². The SMILES string of the molecule is CCc1nc(-c2ccc(OC)cc2OC)c(OC)nc1NCc1ccc(OC)cc1.